The lowest BCUT2D eigenvalue weighted by atomic mass is 10.1. The molecule has 2 amide bonds. The van der Waals surface area contributed by atoms with Crippen LogP contribution in [0, 0.1) is 0 Å². The predicted molar refractivity (Wildman–Crippen MR) is 155 cm³/mol. The van der Waals surface area contributed by atoms with Crippen molar-refractivity contribution in [2.75, 3.05) is 28.7 Å². The van der Waals surface area contributed by atoms with E-state index in [4.69, 9.17) is 4.74 Å². The first-order valence-electron chi connectivity index (χ1n) is 13.1. The van der Waals surface area contributed by atoms with Gasteiger partial charge in [-0.1, -0.05) is 30.3 Å². The van der Waals surface area contributed by atoms with Crippen LogP contribution in [0.5, 0.6) is 0 Å². The maximum absolute atomic E-state index is 12.4. The van der Waals surface area contributed by atoms with E-state index in [1.165, 1.54) is 31.3 Å². The molecule has 0 unspecified atom stereocenters. The van der Waals surface area contributed by atoms with Crippen LogP contribution < -0.4 is 16.0 Å². The Bertz CT molecular complexity index is 1480. The Morgan fingerprint density at radius 1 is 1.02 bits per heavy atom. The highest BCUT2D eigenvalue weighted by Gasteiger charge is 2.44. The van der Waals surface area contributed by atoms with Gasteiger partial charge in [-0.3, -0.25) is 14.2 Å². The molecule has 1 aliphatic rings. The second kappa shape index (κ2) is 13.1. The van der Waals surface area contributed by atoms with Gasteiger partial charge in [0.05, 0.1) is 12.4 Å². The van der Waals surface area contributed by atoms with E-state index >= 15 is 0 Å². The van der Waals surface area contributed by atoms with E-state index in [-0.39, 0.29) is 11.8 Å². The van der Waals surface area contributed by atoms with Crippen molar-refractivity contribution in [3.8, 4) is 0 Å². The number of nitrogens with one attached hydrogen (secondary N) is 3. The molecule has 3 heterocycles. The van der Waals surface area contributed by atoms with E-state index in [1.807, 2.05) is 42.5 Å². The van der Waals surface area contributed by atoms with Crippen molar-refractivity contribution in [3.63, 3.8) is 0 Å². The molecule has 12 nitrogen and oxygen atoms in total. The van der Waals surface area contributed by atoms with Gasteiger partial charge in [0.25, 0.3) is 5.91 Å². The number of anilines is 2. The third kappa shape index (κ3) is 6.82. The summed E-state index contributed by atoms with van der Waals surface area (Å²) in [5.41, 5.74) is 3.19. The number of amides is 2. The van der Waals surface area contributed by atoms with E-state index in [0.29, 0.717) is 52.8 Å². The number of carbonyl (C=O) groups is 2. The average molecular weight is 578 g/mol. The number of aromatic nitrogens is 4. The van der Waals surface area contributed by atoms with Crippen LogP contribution in [0.3, 0.4) is 0 Å². The normalized spacial score (nSPS) is 20.2. The van der Waals surface area contributed by atoms with Gasteiger partial charge in [-0.25, -0.2) is 15.0 Å². The number of fused-ring (bicyclic) bond motifs is 1. The Balaban J connectivity index is 1.20. The molecule has 41 heavy (non-hydrogen) atoms. The van der Waals surface area contributed by atoms with Crippen LogP contribution in [-0.2, 0) is 16.1 Å². The number of thioether (sulfide) groups is 1. The molecular formula is C28H31N7O5S. The van der Waals surface area contributed by atoms with Crippen molar-refractivity contribution in [2.45, 2.75) is 38.0 Å². The summed E-state index contributed by atoms with van der Waals surface area (Å²) in [6, 6.07) is 16.5. The number of hydrogen-bond acceptors (Lipinski definition) is 10. The van der Waals surface area contributed by atoms with E-state index in [9.17, 15) is 19.8 Å². The van der Waals surface area contributed by atoms with Gasteiger partial charge in [0.2, 0.25) is 5.91 Å². The van der Waals surface area contributed by atoms with Crippen molar-refractivity contribution in [1.82, 2.24) is 24.8 Å². The van der Waals surface area contributed by atoms with E-state index in [1.54, 1.807) is 16.7 Å². The summed E-state index contributed by atoms with van der Waals surface area (Å²) >= 11 is 1.52. The third-order valence-corrected chi connectivity index (χ3v) is 7.64. The Morgan fingerprint density at radius 2 is 1.80 bits per heavy atom. The lowest BCUT2D eigenvalue weighted by Gasteiger charge is -2.16. The predicted octanol–water partition coefficient (Wildman–Crippen LogP) is 2.18. The fourth-order valence-corrected chi connectivity index (χ4v) is 5.37. The number of ether oxygens (including phenoxy) is 1. The maximum Gasteiger partial charge on any atom is 0.255 e. The summed E-state index contributed by atoms with van der Waals surface area (Å²) in [4.78, 5) is 36.5. The molecule has 1 saturated heterocycles. The lowest BCUT2D eigenvalue weighted by molar-refractivity contribution is -0.118. The average Bonchev–Trinajstić information content (AvgIpc) is 3.53. The fourth-order valence-electron chi connectivity index (χ4n) is 4.45. The molecule has 4 atom stereocenters. The molecule has 0 bridgehead atoms. The first kappa shape index (κ1) is 28.5. The molecule has 2 aromatic carbocycles. The van der Waals surface area contributed by atoms with Gasteiger partial charge in [-0.2, -0.15) is 11.8 Å². The number of aliphatic hydroxyl groups is 2. The van der Waals surface area contributed by atoms with Crippen LogP contribution in [0.4, 0.5) is 11.5 Å². The molecule has 1 fully saturated rings. The van der Waals surface area contributed by atoms with Crippen LogP contribution >= 0.6 is 11.8 Å². The Morgan fingerprint density at radius 3 is 2.56 bits per heavy atom. The molecular weight excluding hydrogens is 546 g/mol. The van der Waals surface area contributed by atoms with Gasteiger partial charge in [-0.05, 0) is 29.8 Å². The SMILES string of the molecule is CC(=O)NCCSC[C@H]1O[C@@H](n2cnc3c(NCc4ccc(NC(=O)c5ccccc5)cc4)ncnc32)[C@H](O)[C@@H]1O. The largest absolute Gasteiger partial charge is 0.387 e. The summed E-state index contributed by atoms with van der Waals surface area (Å²) in [7, 11) is 0. The number of rotatable bonds is 11. The highest BCUT2D eigenvalue weighted by atomic mass is 32.2. The number of carbonyl (C=O) groups excluding carboxylic acids is 2. The summed E-state index contributed by atoms with van der Waals surface area (Å²) in [5, 5.41) is 30.2. The molecule has 13 heteroatoms. The Hall–Kier alpha value is -4.04. The summed E-state index contributed by atoms with van der Waals surface area (Å²) in [6.45, 7) is 2.43. The number of benzene rings is 2. The van der Waals surface area contributed by atoms with Gasteiger partial charge in [0.1, 0.15) is 18.5 Å². The zero-order valence-corrected chi connectivity index (χ0v) is 23.1. The minimum Gasteiger partial charge on any atom is -0.387 e. The van der Waals surface area contributed by atoms with Crippen molar-refractivity contribution in [2.24, 2.45) is 0 Å². The lowest BCUT2D eigenvalue weighted by Crippen LogP contribution is -2.33. The topological polar surface area (TPSA) is 164 Å². The zero-order valence-electron chi connectivity index (χ0n) is 22.3. The van der Waals surface area contributed by atoms with Gasteiger partial charge in [0.15, 0.2) is 23.2 Å². The van der Waals surface area contributed by atoms with Crippen LogP contribution in [0.2, 0.25) is 0 Å². The van der Waals surface area contributed by atoms with Crippen molar-refractivity contribution in [3.05, 3.63) is 78.4 Å². The maximum atomic E-state index is 12.4. The monoisotopic (exact) mass is 577 g/mol. The van der Waals surface area contributed by atoms with Crippen molar-refractivity contribution in [1.29, 1.82) is 0 Å². The Kier molecular flexibility index (Phi) is 9.09. The molecule has 0 radical (unpaired) electrons. The molecule has 0 saturated carbocycles. The van der Waals surface area contributed by atoms with Gasteiger partial charge >= 0.3 is 0 Å². The zero-order chi connectivity index (χ0) is 28.8. The first-order chi connectivity index (χ1) is 19.9. The second-order valence-electron chi connectivity index (χ2n) is 9.52. The third-order valence-electron chi connectivity index (χ3n) is 6.58. The van der Waals surface area contributed by atoms with Crippen LogP contribution in [0.15, 0.2) is 67.3 Å². The highest BCUT2D eigenvalue weighted by Crippen LogP contribution is 2.33. The number of imidazole rings is 1. The number of nitrogens with zero attached hydrogens (tertiary/aromatic N) is 4. The minimum atomic E-state index is -1.17. The standard InChI is InChI=1S/C28H31N7O5S/c1-17(36)29-11-12-41-14-21-23(37)24(38)28(40-21)35-16-33-22-25(31-15-32-26(22)35)30-13-18-7-9-20(10-8-18)34-27(39)19-5-3-2-4-6-19/h2-10,15-16,21,23-24,28,37-38H,11-14H2,1H3,(H,29,36)(H,34,39)(H,30,31,32)/t21-,23-,24-,28-/m1/s1. The molecule has 5 rings (SSSR count). The van der Waals surface area contributed by atoms with E-state index in [0.717, 1.165) is 5.56 Å². The van der Waals surface area contributed by atoms with Gasteiger partial charge < -0.3 is 30.9 Å². The molecule has 0 spiro atoms. The van der Waals surface area contributed by atoms with Crippen molar-refractivity contribution < 1.29 is 24.5 Å². The summed E-state index contributed by atoms with van der Waals surface area (Å²) < 4.78 is 7.61. The van der Waals surface area contributed by atoms with Crippen molar-refractivity contribution >= 4 is 46.2 Å². The second-order valence-corrected chi connectivity index (χ2v) is 10.7. The quantitative estimate of drug-likeness (QED) is 0.167. The first-order valence-corrected chi connectivity index (χ1v) is 14.3. The summed E-state index contributed by atoms with van der Waals surface area (Å²) in [5.74, 6) is 1.36. The van der Waals surface area contributed by atoms with E-state index in [2.05, 4.69) is 30.9 Å². The molecule has 5 N–H and O–H groups in total. The summed E-state index contributed by atoms with van der Waals surface area (Å²) in [6.07, 6.45) is -0.780. The fraction of sp³-hybridized carbons (Fsp3) is 0.321. The molecule has 1 aliphatic heterocycles. The molecule has 2 aromatic heterocycles. The Labute approximate surface area is 240 Å². The number of hydrogen-bond donors (Lipinski definition) is 5. The van der Waals surface area contributed by atoms with Gasteiger partial charge in [0, 0.05) is 42.8 Å². The minimum absolute atomic E-state index is 0.0940. The van der Waals surface area contributed by atoms with Crippen LogP contribution in [0.25, 0.3) is 11.2 Å². The van der Waals surface area contributed by atoms with Gasteiger partial charge in [-0.15, -0.1) is 0 Å². The molecule has 214 valence electrons. The number of aliphatic hydroxyl groups excluding tert-OH is 2. The molecule has 0 aliphatic carbocycles. The molecule has 4 aromatic rings. The van der Waals surface area contributed by atoms with E-state index < -0.39 is 24.5 Å². The smallest absolute Gasteiger partial charge is 0.255 e. The van der Waals surface area contributed by atoms with Crippen LogP contribution in [0.1, 0.15) is 29.1 Å². The van der Waals surface area contributed by atoms with Crippen LogP contribution in [-0.4, -0.2) is 77.9 Å². The highest BCUT2D eigenvalue weighted by molar-refractivity contribution is 7.99.